The summed E-state index contributed by atoms with van der Waals surface area (Å²) in [4.78, 5) is 22.7. The largest absolute Gasteiger partial charge is 0.355 e. The van der Waals surface area contributed by atoms with Gasteiger partial charge in [0.05, 0.1) is 16.6 Å². The molecule has 1 amide bonds. The summed E-state index contributed by atoms with van der Waals surface area (Å²) >= 11 is 0. The van der Waals surface area contributed by atoms with Crippen LogP contribution in [0, 0.1) is 5.92 Å². The lowest BCUT2D eigenvalue weighted by Crippen LogP contribution is -2.44. The van der Waals surface area contributed by atoms with Crippen molar-refractivity contribution in [2.75, 3.05) is 24.5 Å². The van der Waals surface area contributed by atoms with Crippen LogP contribution in [0.4, 0.5) is 5.82 Å². The molecule has 0 bridgehead atoms. The number of benzene rings is 2. The van der Waals surface area contributed by atoms with Crippen molar-refractivity contribution in [3.8, 4) is 0 Å². The number of aromatic nitrogens is 2. The van der Waals surface area contributed by atoms with Crippen molar-refractivity contribution in [1.82, 2.24) is 14.3 Å². The summed E-state index contributed by atoms with van der Waals surface area (Å²) in [5.74, 6) is 1.47. The van der Waals surface area contributed by atoms with Crippen molar-refractivity contribution in [3.05, 3.63) is 78.0 Å². The average molecular weight is 411 g/mol. The molecule has 5 heteroatoms. The summed E-state index contributed by atoms with van der Waals surface area (Å²) in [5, 5.41) is 0. The average Bonchev–Trinajstić information content (AvgIpc) is 3.33. The normalized spacial score (nSPS) is 17.3. The Labute approximate surface area is 181 Å². The molecule has 31 heavy (non-hydrogen) atoms. The predicted octanol–water partition coefficient (Wildman–Crippen LogP) is 4.29. The van der Waals surface area contributed by atoms with E-state index >= 15 is 0 Å². The number of para-hydroxylation sites is 2. The molecule has 5 nitrogen and oxygen atoms in total. The van der Waals surface area contributed by atoms with E-state index in [1.54, 1.807) is 0 Å². The van der Waals surface area contributed by atoms with Crippen LogP contribution in [0.3, 0.4) is 0 Å². The Balaban J connectivity index is 1.20. The number of piperidine rings is 1. The zero-order valence-corrected chi connectivity index (χ0v) is 17.6. The van der Waals surface area contributed by atoms with E-state index in [1.807, 2.05) is 6.07 Å². The molecular weight excluding hydrogens is 384 g/mol. The van der Waals surface area contributed by atoms with Gasteiger partial charge in [0.2, 0.25) is 5.91 Å². The highest BCUT2D eigenvalue weighted by atomic mass is 16.2. The molecule has 0 radical (unpaired) electrons. The highest BCUT2D eigenvalue weighted by Crippen LogP contribution is 2.30. The van der Waals surface area contributed by atoms with Crippen LogP contribution in [0.2, 0.25) is 0 Å². The molecule has 1 saturated heterocycles. The van der Waals surface area contributed by atoms with Crippen LogP contribution < -0.4 is 4.90 Å². The zero-order chi connectivity index (χ0) is 20.8. The Morgan fingerprint density at radius 2 is 1.58 bits per heavy atom. The van der Waals surface area contributed by atoms with Gasteiger partial charge in [-0.2, -0.15) is 0 Å². The fourth-order valence-electron chi connectivity index (χ4n) is 5.22. The number of nitrogens with zero attached hydrogens (tertiary/aromatic N) is 4. The number of rotatable bonds is 2. The minimum Gasteiger partial charge on any atom is -0.355 e. The number of hydrogen-bond acceptors (Lipinski definition) is 3. The fourth-order valence-corrected chi connectivity index (χ4v) is 5.22. The molecule has 4 heterocycles. The molecule has 2 aromatic carbocycles. The summed E-state index contributed by atoms with van der Waals surface area (Å²) in [5.41, 5.74) is 5.96. The highest BCUT2D eigenvalue weighted by molar-refractivity contribution is 5.85. The van der Waals surface area contributed by atoms with Gasteiger partial charge in [0.1, 0.15) is 0 Å². The molecule has 1 fully saturated rings. The van der Waals surface area contributed by atoms with Crippen LogP contribution in [0.25, 0.3) is 16.6 Å². The summed E-state index contributed by atoms with van der Waals surface area (Å²) < 4.78 is 2.22. The monoisotopic (exact) mass is 410 g/mol. The molecule has 6 rings (SSSR count). The maximum Gasteiger partial charge on any atom is 0.226 e. The lowest BCUT2D eigenvalue weighted by atomic mass is 9.93. The third-order valence-electron chi connectivity index (χ3n) is 6.93. The lowest BCUT2D eigenvalue weighted by Gasteiger charge is -2.36. The van der Waals surface area contributed by atoms with Gasteiger partial charge in [0, 0.05) is 38.3 Å². The zero-order valence-electron chi connectivity index (χ0n) is 17.6. The van der Waals surface area contributed by atoms with Gasteiger partial charge in [-0.1, -0.05) is 36.4 Å². The minimum atomic E-state index is 0.116. The SMILES string of the molecule is O=C(C1CCN(c2nc3ccccc3n3cccc23)CC1)N1CCc2ccccc2C1. The van der Waals surface area contributed by atoms with E-state index in [-0.39, 0.29) is 5.92 Å². The first-order chi connectivity index (χ1) is 15.3. The van der Waals surface area contributed by atoms with Crippen molar-refractivity contribution in [1.29, 1.82) is 0 Å². The third-order valence-corrected chi connectivity index (χ3v) is 6.93. The maximum atomic E-state index is 13.2. The quantitative estimate of drug-likeness (QED) is 0.495. The Kier molecular flexibility index (Phi) is 4.41. The van der Waals surface area contributed by atoms with E-state index in [0.717, 1.165) is 67.8 Å². The molecule has 0 spiro atoms. The molecule has 0 aliphatic carbocycles. The van der Waals surface area contributed by atoms with E-state index in [0.29, 0.717) is 5.91 Å². The first-order valence-electron chi connectivity index (χ1n) is 11.2. The van der Waals surface area contributed by atoms with Crippen molar-refractivity contribution in [2.45, 2.75) is 25.8 Å². The maximum absolute atomic E-state index is 13.2. The van der Waals surface area contributed by atoms with Crippen LogP contribution in [0.15, 0.2) is 66.9 Å². The van der Waals surface area contributed by atoms with Crippen molar-refractivity contribution in [2.24, 2.45) is 5.92 Å². The highest BCUT2D eigenvalue weighted by Gasteiger charge is 2.31. The summed E-state index contributed by atoms with van der Waals surface area (Å²) in [6, 6.07) is 21.0. The van der Waals surface area contributed by atoms with Crippen LogP contribution in [0.1, 0.15) is 24.0 Å². The van der Waals surface area contributed by atoms with Crippen LogP contribution in [0.5, 0.6) is 0 Å². The number of carbonyl (C=O) groups excluding carboxylic acids is 1. The second-order valence-electron chi connectivity index (χ2n) is 8.73. The molecule has 2 aliphatic heterocycles. The molecule has 2 aromatic heterocycles. The topological polar surface area (TPSA) is 40.9 Å². The molecule has 0 N–H and O–H groups in total. The molecular formula is C26H26N4O. The third kappa shape index (κ3) is 3.16. The second kappa shape index (κ2) is 7.41. The van der Waals surface area contributed by atoms with E-state index in [2.05, 4.69) is 75.0 Å². The molecule has 4 aromatic rings. The molecule has 156 valence electrons. The first-order valence-corrected chi connectivity index (χ1v) is 11.2. The van der Waals surface area contributed by atoms with Gasteiger partial charge in [0.15, 0.2) is 5.82 Å². The first kappa shape index (κ1) is 18.4. The van der Waals surface area contributed by atoms with E-state index in [4.69, 9.17) is 4.98 Å². The number of fused-ring (bicyclic) bond motifs is 4. The van der Waals surface area contributed by atoms with Crippen molar-refractivity contribution >= 4 is 28.3 Å². The van der Waals surface area contributed by atoms with Gasteiger partial charge in [-0.25, -0.2) is 4.98 Å². The van der Waals surface area contributed by atoms with E-state index < -0.39 is 0 Å². The Morgan fingerprint density at radius 1 is 0.839 bits per heavy atom. The van der Waals surface area contributed by atoms with Crippen molar-refractivity contribution < 1.29 is 4.79 Å². The molecule has 0 unspecified atom stereocenters. The van der Waals surface area contributed by atoms with Crippen LogP contribution in [-0.2, 0) is 17.8 Å². The summed E-state index contributed by atoms with van der Waals surface area (Å²) in [6.45, 7) is 3.33. The number of hydrogen-bond donors (Lipinski definition) is 0. The number of anilines is 1. The van der Waals surface area contributed by atoms with Crippen molar-refractivity contribution in [3.63, 3.8) is 0 Å². The van der Waals surface area contributed by atoms with Gasteiger partial charge < -0.3 is 14.2 Å². The molecule has 2 aliphatic rings. The predicted molar refractivity (Wildman–Crippen MR) is 123 cm³/mol. The van der Waals surface area contributed by atoms with Gasteiger partial charge >= 0.3 is 0 Å². The Morgan fingerprint density at radius 3 is 2.45 bits per heavy atom. The summed E-state index contributed by atoms with van der Waals surface area (Å²) in [7, 11) is 0. The van der Waals surface area contributed by atoms with E-state index in [9.17, 15) is 4.79 Å². The van der Waals surface area contributed by atoms with Gasteiger partial charge in [0.25, 0.3) is 0 Å². The Bertz CT molecular complexity index is 1270. The summed E-state index contributed by atoms with van der Waals surface area (Å²) in [6.07, 6.45) is 4.85. The van der Waals surface area contributed by atoms with Gasteiger partial charge in [-0.3, -0.25) is 4.79 Å². The molecule has 0 saturated carbocycles. The Hall–Kier alpha value is -3.34. The number of carbonyl (C=O) groups is 1. The molecule has 0 atom stereocenters. The van der Waals surface area contributed by atoms with Crippen LogP contribution in [-0.4, -0.2) is 39.8 Å². The standard InChI is InChI=1S/C26H26N4O/c31-26(29-17-11-19-6-1-2-7-21(19)18-29)20-12-15-28(16-13-20)25-24-10-5-14-30(24)23-9-4-3-8-22(23)27-25/h1-10,14,20H,11-13,15-18H2. The van der Waals surface area contributed by atoms with Gasteiger partial charge in [-0.05, 0) is 54.7 Å². The van der Waals surface area contributed by atoms with E-state index in [1.165, 1.54) is 11.1 Å². The lowest BCUT2D eigenvalue weighted by molar-refractivity contribution is -0.137. The van der Waals surface area contributed by atoms with Gasteiger partial charge in [-0.15, -0.1) is 0 Å². The fraction of sp³-hybridized carbons (Fsp3) is 0.308. The number of amides is 1. The second-order valence-corrected chi connectivity index (χ2v) is 8.73. The van der Waals surface area contributed by atoms with Crippen LogP contribution >= 0.6 is 0 Å². The minimum absolute atomic E-state index is 0.116. The smallest absolute Gasteiger partial charge is 0.226 e.